The van der Waals surface area contributed by atoms with Gasteiger partial charge in [-0.25, -0.2) is 0 Å². The van der Waals surface area contributed by atoms with Crippen LogP contribution in [-0.4, -0.2) is 46.1 Å². The van der Waals surface area contributed by atoms with Crippen molar-refractivity contribution in [1.82, 2.24) is 0 Å². The van der Waals surface area contributed by atoms with Crippen molar-refractivity contribution in [3.8, 4) is 0 Å². The van der Waals surface area contributed by atoms with Crippen LogP contribution in [0.5, 0.6) is 0 Å². The van der Waals surface area contributed by atoms with E-state index in [0.717, 1.165) is 31.3 Å². The van der Waals surface area contributed by atoms with E-state index in [1.807, 2.05) is 6.92 Å². The van der Waals surface area contributed by atoms with Gasteiger partial charge in [0, 0.05) is 18.8 Å². The molecule has 0 aromatic carbocycles. The number of ether oxygens (including phenoxy) is 1. The Morgan fingerprint density at radius 3 is 2.59 bits per heavy atom. The van der Waals surface area contributed by atoms with Crippen LogP contribution in [0, 0.1) is 28.6 Å². The molecule has 3 saturated carbocycles. The van der Waals surface area contributed by atoms with Crippen molar-refractivity contribution < 1.29 is 29.3 Å². The number of fused-ring (bicyclic) bond motifs is 5. The minimum Gasteiger partial charge on any atom is -0.451 e. The molecule has 6 nitrogen and oxygen atoms in total. The fourth-order valence-corrected chi connectivity index (χ4v) is 7.73. The number of hydrogen-bond acceptors (Lipinski definition) is 6. The number of hydrogen-bond donors (Lipinski definition) is 2. The number of aliphatic hydroxyl groups excluding tert-OH is 2. The van der Waals surface area contributed by atoms with Crippen LogP contribution in [0.15, 0.2) is 11.6 Å². The van der Waals surface area contributed by atoms with E-state index < -0.39 is 35.5 Å². The van der Waals surface area contributed by atoms with Gasteiger partial charge in [0.1, 0.15) is 6.61 Å². The summed E-state index contributed by atoms with van der Waals surface area (Å²) in [6.45, 7) is 4.76. The van der Waals surface area contributed by atoms with Gasteiger partial charge in [0.25, 0.3) is 0 Å². The first-order valence-corrected chi connectivity index (χ1v) is 10.8. The average molecular weight is 405 g/mol. The fourth-order valence-electron chi connectivity index (χ4n) is 7.73. The molecule has 0 aromatic heterocycles. The Morgan fingerprint density at radius 1 is 1.21 bits per heavy atom. The van der Waals surface area contributed by atoms with E-state index in [0.29, 0.717) is 19.3 Å². The molecule has 0 aromatic rings. The molecule has 2 N–H and O–H groups in total. The minimum atomic E-state index is -1.37. The maximum Gasteiger partial charge on any atom is 0.303 e. The van der Waals surface area contributed by atoms with Gasteiger partial charge in [-0.1, -0.05) is 19.4 Å². The Morgan fingerprint density at radius 2 is 1.93 bits per heavy atom. The Kier molecular flexibility index (Phi) is 4.82. The monoisotopic (exact) mass is 404 g/mol. The zero-order valence-corrected chi connectivity index (χ0v) is 17.6. The molecule has 0 spiro atoms. The Hall–Kier alpha value is -1.53. The van der Waals surface area contributed by atoms with Crippen molar-refractivity contribution in [3.63, 3.8) is 0 Å². The summed E-state index contributed by atoms with van der Waals surface area (Å²) in [7, 11) is 0. The van der Waals surface area contributed by atoms with E-state index in [1.165, 1.54) is 6.92 Å². The molecule has 3 fully saturated rings. The molecular formula is C23H32O6. The highest BCUT2D eigenvalue weighted by Gasteiger charge is 2.70. The Labute approximate surface area is 171 Å². The minimum absolute atomic E-state index is 0.0334. The van der Waals surface area contributed by atoms with Gasteiger partial charge in [-0.2, -0.15) is 0 Å². The Balaban J connectivity index is 1.76. The molecule has 0 aliphatic heterocycles. The Bertz CT molecular complexity index is 786. The normalized spacial score (nSPS) is 46.2. The highest BCUT2D eigenvalue weighted by molar-refractivity contribution is 5.92. The number of ketones is 2. The summed E-state index contributed by atoms with van der Waals surface area (Å²) >= 11 is 0. The van der Waals surface area contributed by atoms with Gasteiger partial charge in [0.15, 0.2) is 11.4 Å². The van der Waals surface area contributed by atoms with Crippen LogP contribution in [0.2, 0.25) is 0 Å². The van der Waals surface area contributed by atoms with Crippen LogP contribution >= 0.6 is 0 Å². The van der Waals surface area contributed by atoms with E-state index in [2.05, 4.69) is 6.92 Å². The fraction of sp³-hybridized carbons (Fsp3) is 0.783. The van der Waals surface area contributed by atoms with Gasteiger partial charge in [-0.3, -0.25) is 14.4 Å². The second-order valence-electron chi connectivity index (χ2n) is 10.1. The van der Waals surface area contributed by atoms with Gasteiger partial charge in [-0.05, 0) is 67.8 Å². The molecule has 29 heavy (non-hydrogen) atoms. The summed E-state index contributed by atoms with van der Waals surface area (Å²) in [6.07, 6.45) is 5.59. The van der Waals surface area contributed by atoms with E-state index >= 15 is 0 Å². The van der Waals surface area contributed by atoms with Crippen molar-refractivity contribution in [1.29, 1.82) is 0 Å². The molecule has 4 rings (SSSR count). The quantitative estimate of drug-likeness (QED) is 0.701. The van der Waals surface area contributed by atoms with Gasteiger partial charge < -0.3 is 14.9 Å². The smallest absolute Gasteiger partial charge is 0.303 e. The summed E-state index contributed by atoms with van der Waals surface area (Å²) in [5.74, 6) is -0.462. The highest BCUT2D eigenvalue weighted by Crippen LogP contribution is 2.68. The lowest BCUT2D eigenvalue weighted by molar-refractivity contribution is -0.200. The first kappa shape index (κ1) is 20.7. The summed E-state index contributed by atoms with van der Waals surface area (Å²) in [4.78, 5) is 36.8. The predicted molar refractivity (Wildman–Crippen MR) is 105 cm³/mol. The lowest BCUT2D eigenvalue weighted by Gasteiger charge is -2.60. The number of carbonyl (C=O) groups excluding carboxylic acids is 3. The maximum atomic E-state index is 12.9. The second-order valence-corrected chi connectivity index (χ2v) is 10.1. The van der Waals surface area contributed by atoms with E-state index in [4.69, 9.17) is 4.74 Å². The first-order chi connectivity index (χ1) is 13.6. The molecule has 4 unspecified atom stereocenters. The third-order valence-corrected chi connectivity index (χ3v) is 8.93. The van der Waals surface area contributed by atoms with Gasteiger partial charge in [-0.15, -0.1) is 0 Å². The van der Waals surface area contributed by atoms with Crippen molar-refractivity contribution in [3.05, 3.63) is 11.6 Å². The van der Waals surface area contributed by atoms with Crippen LogP contribution in [0.4, 0.5) is 0 Å². The van der Waals surface area contributed by atoms with Crippen molar-refractivity contribution in [2.24, 2.45) is 28.6 Å². The molecule has 0 radical (unpaired) electrons. The summed E-state index contributed by atoms with van der Waals surface area (Å²) < 4.78 is 5.68. The van der Waals surface area contributed by atoms with Crippen LogP contribution in [-0.2, 0) is 19.1 Å². The number of carbonyl (C=O) groups is 3. The lowest BCUT2D eigenvalue weighted by Crippen LogP contribution is -2.63. The van der Waals surface area contributed by atoms with Gasteiger partial charge >= 0.3 is 5.97 Å². The van der Waals surface area contributed by atoms with E-state index in [-0.39, 0.29) is 29.0 Å². The third kappa shape index (κ3) is 2.71. The van der Waals surface area contributed by atoms with Gasteiger partial charge in [0.2, 0.25) is 5.78 Å². The second kappa shape index (κ2) is 6.74. The summed E-state index contributed by atoms with van der Waals surface area (Å²) in [5, 5.41) is 21.0. The molecule has 6 heteroatoms. The topological polar surface area (TPSA) is 101 Å². The molecule has 4 aliphatic carbocycles. The predicted octanol–water partition coefficient (Wildman–Crippen LogP) is 2.35. The van der Waals surface area contributed by atoms with E-state index in [9.17, 15) is 24.6 Å². The zero-order chi connectivity index (χ0) is 21.2. The SMILES string of the molecule is CC(=O)O[C@]1(C(=O)CO)CCC2C3CCC4=CC(=O)CC[C@]4(C)C3C(O)C[C@@]21C. The molecule has 7 atom stereocenters. The largest absolute Gasteiger partial charge is 0.451 e. The van der Waals surface area contributed by atoms with Gasteiger partial charge in [0.05, 0.1) is 6.10 Å². The molecule has 0 saturated heterocycles. The summed E-state index contributed by atoms with van der Waals surface area (Å²) in [5.41, 5.74) is -1.12. The van der Waals surface area contributed by atoms with Crippen LogP contribution in [0.1, 0.15) is 65.7 Å². The molecule has 0 bridgehead atoms. The van der Waals surface area contributed by atoms with Crippen LogP contribution in [0.3, 0.4) is 0 Å². The lowest BCUT2D eigenvalue weighted by atomic mass is 9.45. The molecule has 0 amide bonds. The molecule has 0 heterocycles. The maximum absolute atomic E-state index is 12.9. The summed E-state index contributed by atoms with van der Waals surface area (Å²) in [6, 6.07) is 0. The zero-order valence-electron chi connectivity index (χ0n) is 17.6. The van der Waals surface area contributed by atoms with Crippen LogP contribution < -0.4 is 0 Å². The number of esters is 1. The average Bonchev–Trinajstić information content (AvgIpc) is 2.93. The molecule has 4 aliphatic rings. The first-order valence-electron chi connectivity index (χ1n) is 10.8. The number of allylic oxidation sites excluding steroid dienone is 1. The standard InChI is InChI=1S/C23H32O6/c1-13(25)29-23(19(28)12-24)9-7-17-16-5-4-14-10-15(26)6-8-21(14,2)20(16)18(27)11-22(17,23)3/h10,16-18,20,24,27H,4-9,11-12H2,1-3H3/t16?,17?,18?,20?,21-,22-,23-/m0/s1. The van der Waals surface area contributed by atoms with Crippen molar-refractivity contribution >= 4 is 17.5 Å². The molecular weight excluding hydrogens is 372 g/mol. The van der Waals surface area contributed by atoms with Crippen molar-refractivity contribution in [2.75, 3.05) is 6.61 Å². The number of rotatable bonds is 3. The third-order valence-electron chi connectivity index (χ3n) is 8.93. The number of Topliss-reactive ketones (excluding diaryl/α,β-unsaturated/α-hetero) is 1. The van der Waals surface area contributed by atoms with Crippen LogP contribution in [0.25, 0.3) is 0 Å². The van der Waals surface area contributed by atoms with Crippen molar-refractivity contribution in [2.45, 2.75) is 77.4 Å². The number of aliphatic hydroxyl groups is 2. The highest BCUT2D eigenvalue weighted by atomic mass is 16.6. The van der Waals surface area contributed by atoms with E-state index in [1.54, 1.807) is 6.08 Å². The molecule has 160 valence electrons.